The Balaban J connectivity index is 1.64. The molecule has 0 radical (unpaired) electrons. The van der Waals surface area contributed by atoms with Crippen molar-refractivity contribution in [3.05, 3.63) is 77.9 Å². The van der Waals surface area contributed by atoms with Crippen molar-refractivity contribution in [3.63, 3.8) is 0 Å². The highest BCUT2D eigenvalue weighted by atomic mass is 16.2. The first-order valence-corrected chi connectivity index (χ1v) is 8.19. The van der Waals surface area contributed by atoms with E-state index in [1.54, 1.807) is 18.2 Å². The van der Waals surface area contributed by atoms with Crippen molar-refractivity contribution in [2.24, 2.45) is 0 Å². The maximum atomic E-state index is 12.5. The van der Waals surface area contributed by atoms with Crippen LogP contribution >= 0.6 is 0 Å². The summed E-state index contributed by atoms with van der Waals surface area (Å²) in [5, 5.41) is 16.0. The Bertz CT molecular complexity index is 983. The predicted molar refractivity (Wildman–Crippen MR) is 100 cm³/mol. The Kier molecular flexibility index (Phi) is 5.25. The summed E-state index contributed by atoms with van der Waals surface area (Å²) in [7, 11) is 0. The van der Waals surface area contributed by atoms with Crippen molar-refractivity contribution in [2.75, 3.05) is 5.32 Å². The number of amides is 2. The van der Waals surface area contributed by atoms with Crippen molar-refractivity contribution in [3.8, 4) is 6.07 Å². The van der Waals surface area contributed by atoms with E-state index in [-0.39, 0.29) is 18.2 Å². The smallest absolute Gasteiger partial charge is 0.252 e. The number of nitrogens with zero attached hydrogens (tertiary/aromatic N) is 1. The lowest BCUT2D eigenvalue weighted by Crippen LogP contribution is -2.23. The summed E-state index contributed by atoms with van der Waals surface area (Å²) in [4.78, 5) is 23.9. The third-order valence-electron chi connectivity index (χ3n) is 3.96. The summed E-state index contributed by atoms with van der Waals surface area (Å²) >= 11 is 0. The van der Waals surface area contributed by atoms with Gasteiger partial charge in [0.1, 0.15) is 6.42 Å². The number of hydrogen-bond acceptors (Lipinski definition) is 3. The van der Waals surface area contributed by atoms with E-state index in [1.165, 1.54) is 0 Å². The molecule has 5 heteroatoms. The molecule has 0 spiro atoms. The lowest BCUT2D eigenvalue weighted by molar-refractivity contribution is -0.115. The van der Waals surface area contributed by atoms with Gasteiger partial charge in [0.2, 0.25) is 5.91 Å². The molecule has 0 atom stereocenters. The number of anilines is 1. The molecular formula is C21H17N3O2. The molecule has 0 bridgehead atoms. The van der Waals surface area contributed by atoms with Crippen molar-refractivity contribution in [2.45, 2.75) is 13.0 Å². The van der Waals surface area contributed by atoms with Crippen LogP contribution in [0.5, 0.6) is 0 Å². The van der Waals surface area contributed by atoms with Gasteiger partial charge in [-0.05, 0) is 34.5 Å². The van der Waals surface area contributed by atoms with Crippen LogP contribution in [0.15, 0.2) is 66.7 Å². The first kappa shape index (κ1) is 17.2. The van der Waals surface area contributed by atoms with Gasteiger partial charge in [-0.15, -0.1) is 0 Å². The highest BCUT2D eigenvalue weighted by Gasteiger charge is 2.09. The van der Waals surface area contributed by atoms with E-state index in [1.807, 2.05) is 54.6 Å². The molecule has 3 aromatic carbocycles. The molecule has 3 rings (SSSR count). The number of carbonyl (C=O) groups is 2. The molecule has 0 aliphatic carbocycles. The van der Waals surface area contributed by atoms with Crippen LogP contribution < -0.4 is 10.6 Å². The van der Waals surface area contributed by atoms with Gasteiger partial charge < -0.3 is 10.6 Å². The lowest BCUT2D eigenvalue weighted by Gasteiger charge is -2.09. The molecule has 128 valence electrons. The van der Waals surface area contributed by atoms with Gasteiger partial charge in [0.25, 0.3) is 5.91 Å². The largest absolute Gasteiger partial charge is 0.348 e. The SMILES string of the molecule is N#CCC(=O)Nc1ccc(CNC(=O)c2cccc3ccccc23)cc1. The summed E-state index contributed by atoms with van der Waals surface area (Å²) < 4.78 is 0. The Morgan fingerprint density at radius 1 is 0.923 bits per heavy atom. The Morgan fingerprint density at radius 2 is 1.65 bits per heavy atom. The van der Waals surface area contributed by atoms with Gasteiger partial charge >= 0.3 is 0 Å². The predicted octanol–water partition coefficient (Wildman–Crippen LogP) is 3.62. The quantitative estimate of drug-likeness (QED) is 0.742. The number of fused-ring (bicyclic) bond motifs is 1. The molecule has 0 aliphatic heterocycles. The van der Waals surface area contributed by atoms with Gasteiger partial charge in [0, 0.05) is 17.8 Å². The van der Waals surface area contributed by atoms with Gasteiger partial charge in [-0.25, -0.2) is 0 Å². The highest BCUT2D eigenvalue weighted by molar-refractivity contribution is 6.07. The molecule has 0 aliphatic rings. The summed E-state index contributed by atoms with van der Waals surface area (Å²) in [6.45, 7) is 0.383. The van der Waals surface area contributed by atoms with E-state index >= 15 is 0 Å². The molecule has 2 amide bonds. The fourth-order valence-electron chi connectivity index (χ4n) is 2.68. The second kappa shape index (κ2) is 7.95. The van der Waals surface area contributed by atoms with Crippen LogP contribution in [0, 0.1) is 11.3 Å². The molecule has 0 saturated heterocycles. The van der Waals surface area contributed by atoms with E-state index in [4.69, 9.17) is 5.26 Å². The number of nitrogens with one attached hydrogen (secondary N) is 2. The summed E-state index contributed by atoms with van der Waals surface area (Å²) in [5.41, 5.74) is 2.18. The molecule has 0 unspecified atom stereocenters. The van der Waals surface area contributed by atoms with Crippen LogP contribution in [0.2, 0.25) is 0 Å². The average molecular weight is 343 g/mol. The summed E-state index contributed by atoms with van der Waals surface area (Å²) in [6.07, 6.45) is -0.178. The highest BCUT2D eigenvalue weighted by Crippen LogP contribution is 2.18. The maximum Gasteiger partial charge on any atom is 0.252 e. The van der Waals surface area contributed by atoms with Crippen molar-refractivity contribution in [1.82, 2.24) is 5.32 Å². The van der Waals surface area contributed by atoms with Crippen LogP contribution in [0.4, 0.5) is 5.69 Å². The Morgan fingerprint density at radius 3 is 2.42 bits per heavy atom. The van der Waals surface area contributed by atoms with Gasteiger partial charge in [-0.2, -0.15) is 5.26 Å². The molecule has 0 aromatic heterocycles. The number of benzene rings is 3. The van der Waals surface area contributed by atoms with E-state index in [0.717, 1.165) is 16.3 Å². The summed E-state index contributed by atoms with van der Waals surface area (Å²) in [5.74, 6) is -0.474. The molecule has 0 fully saturated rings. The third-order valence-corrected chi connectivity index (χ3v) is 3.96. The van der Waals surface area contributed by atoms with E-state index < -0.39 is 0 Å². The fourth-order valence-corrected chi connectivity index (χ4v) is 2.68. The molecule has 2 N–H and O–H groups in total. The first-order chi connectivity index (χ1) is 12.7. The zero-order chi connectivity index (χ0) is 18.4. The van der Waals surface area contributed by atoms with Crippen LogP contribution in [-0.4, -0.2) is 11.8 Å². The Labute approximate surface area is 151 Å². The van der Waals surface area contributed by atoms with Gasteiger partial charge in [-0.3, -0.25) is 9.59 Å². The second-order valence-corrected chi connectivity index (χ2v) is 5.79. The van der Waals surface area contributed by atoms with Gasteiger partial charge in [-0.1, -0.05) is 48.5 Å². The Hall–Kier alpha value is -3.65. The maximum absolute atomic E-state index is 12.5. The van der Waals surface area contributed by atoms with Crippen LogP contribution in [0.25, 0.3) is 10.8 Å². The number of hydrogen-bond donors (Lipinski definition) is 2. The third kappa shape index (κ3) is 4.05. The van der Waals surface area contributed by atoms with Crippen LogP contribution in [0.3, 0.4) is 0 Å². The van der Waals surface area contributed by atoms with Gasteiger partial charge in [0.15, 0.2) is 0 Å². The van der Waals surface area contributed by atoms with Crippen molar-refractivity contribution in [1.29, 1.82) is 5.26 Å². The number of nitriles is 1. The van der Waals surface area contributed by atoms with E-state index in [0.29, 0.717) is 17.8 Å². The monoisotopic (exact) mass is 343 g/mol. The zero-order valence-corrected chi connectivity index (χ0v) is 14.0. The number of carbonyl (C=O) groups excluding carboxylic acids is 2. The normalized spacial score (nSPS) is 10.1. The van der Waals surface area contributed by atoms with Crippen molar-refractivity contribution < 1.29 is 9.59 Å². The molecular weight excluding hydrogens is 326 g/mol. The van der Waals surface area contributed by atoms with Crippen LogP contribution in [-0.2, 0) is 11.3 Å². The first-order valence-electron chi connectivity index (χ1n) is 8.19. The molecule has 0 saturated carbocycles. The fraction of sp³-hybridized carbons (Fsp3) is 0.0952. The second-order valence-electron chi connectivity index (χ2n) is 5.79. The molecule has 0 heterocycles. The standard InChI is InChI=1S/C21H17N3O2/c22-13-12-20(25)24-17-10-8-15(9-11-17)14-23-21(26)19-7-3-5-16-4-1-2-6-18(16)19/h1-11H,12,14H2,(H,23,26)(H,24,25). The van der Waals surface area contributed by atoms with E-state index in [2.05, 4.69) is 10.6 Å². The average Bonchev–Trinajstić information content (AvgIpc) is 2.67. The lowest BCUT2D eigenvalue weighted by atomic mass is 10.0. The minimum absolute atomic E-state index is 0.131. The van der Waals surface area contributed by atoms with Crippen LogP contribution in [0.1, 0.15) is 22.3 Å². The zero-order valence-electron chi connectivity index (χ0n) is 14.0. The minimum atomic E-state index is -0.343. The topological polar surface area (TPSA) is 82.0 Å². The van der Waals surface area contributed by atoms with Crippen molar-refractivity contribution >= 4 is 28.3 Å². The van der Waals surface area contributed by atoms with Gasteiger partial charge in [0.05, 0.1) is 6.07 Å². The van der Waals surface area contributed by atoms with E-state index in [9.17, 15) is 9.59 Å². The summed E-state index contributed by atoms with van der Waals surface area (Å²) in [6, 6.07) is 22.4. The molecule has 3 aromatic rings. The minimum Gasteiger partial charge on any atom is -0.348 e. The molecule has 5 nitrogen and oxygen atoms in total. The molecule has 26 heavy (non-hydrogen) atoms. The number of rotatable bonds is 5.